The van der Waals surface area contributed by atoms with E-state index in [0.717, 1.165) is 57.4 Å². The van der Waals surface area contributed by atoms with E-state index in [0.29, 0.717) is 36.8 Å². The molecule has 3 heterocycles. The van der Waals surface area contributed by atoms with Gasteiger partial charge in [-0.3, -0.25) is 14.5 Å². The molecule has 2 aromatic rings. The number of fused-ring (bicyclic) bond motifs is 6. The van der Waals surface area contributed by atoms with Gasteiger partial charge in [-0.2, -0.15) is 4.37 Å². The Morgan fingerprint density at radius 3 is 2.57 bits per heavy atom. The number of anilines is 1. The van der Waals surface area contributed by atoms with E-state index in [4.69, 9.17) is 5.79 Å². The van der Waals surface area contributed by atoms with Gasteiger partial charge >= 0.3 is 0 Å². The molecule has 2 amide bonds. The van der Waals surface area contributed by atoms with Gasteiger partial charge in [0, 0.05) is 37.6 Å². The number of carbonyl (C=O) groups is 2. The molecule has 1 aromatic carbocycles. The van der Waals surface area contributed by atoms with Crippen LogP contribution in [-0.4, -0.2) is 53.3 Å². The van der Waals surface area contributed by atoms with Crippen LogP contribution in [0.2, 0.25) is 1.41 Å². The molecule has 5 aliphatic rings. The second-order valence-corrected chi connectivity index (χ2v) is 12.5. The minimum Gasteiger partial charge on any atom is -0.352 e. The van der Waals surface area contributed by atoms with Crippen molar-refractivity contribution >= 4 is 39.3 Å². The SMILES string of the molecule is [2H]N1CCN(c2nsc3ccccc23)CC1CC1CCCCC1CN1C(=O)[C@@H]2[C@H]3CCC(C3)[C@@H]2C1=O. The molecule has 1 N–H and O–H groups in total. The molecule has 186 valence electrons. The fraction of sp³-hybridized carbons (Fsp3) is 0.679. The van der Waals surface area contributed by atoms with Crippen LogP contribution in [0.4, 0.5) is 5.82 Å². The molecule has 2 saturated heterocycles. The van der Waals surface area contributed by atoms with Gasteiger partial charge in [-0.15, -0.1) is 0 Å². The highest BCUT2D eigenvalue weighted by molar-refractivity contribution is 7.13. The number of piperazine rings is 1. The highest BCUT2D eigenvalue weighted by Gasteiger charge is 2.61. The van der Waals surface area contributed by atoms with Crippen LogP contribution in [0.3, 0.4) is 0 Å². The maximum atomic E-state index is 13.3. The zero-order valence-corrected chi connectivity index (χ0v) is 21.2. The summed E-state index contributed by atoms with van der Waals surface area (Å²) in [5.74, 6) is 3.05. The number of imide groups is 1. The Hall–Kier alpha value is -1.99. The summed E-state index contributed by atoms with van der Waals surface area (Å²) < 4.78 is 14.7. The molecule has 7 heteroatoms. The van der Waals surface area contributed by atoms with Crippen LogP contribution in [0.1, 0.15) is 51.4 Å². The average molecular weight is 494 g/mol. The highest BCUT2D eigenvalue weighted by atomic mass is 32.1. The number of carbonyl (C=O) groups excluding carboxylic acids is 2. The monoisotopic (exact) mass is 493 g/mol. The fourth-order valence-corrected chi connectivity index (χ4v) is 9.07. The Morgan fingerprint density at radius 1 is 1.03 bits per heavy atom. The maximum absolute atomic E-state index is 13.3. The van der Waals surface area contributed by atoms with E-state index in [1.54, 1.807) is 21.7 Å². The van der Waals surface area contributed by atoms with Crippen LogP contribution in [0.5, 0.6) is 0 Å². The number of benzene rings is 1. The summed E-state index contributed by atoms with van der Waals surface area (Å²) >= 11 is 1.55. The van der Waals surface area contributed by atoms with Crippen LogP contribution in [0.25, 0.3) is 10.1 Å². The highest BCUT2D eigenvalue weighted by Crippen LogP contribution is 2.56. The van der Waals surface area contributed by atoms with Crippen molar-refractivity contribution in [2.45, 2.75) is 57.4 Å². The first-order chi connectivity index (χ1) is 17.6. The topological polar surface area (TPSA) is 65.5 Å². The van der Waals surface area contributed by atoms with E-state index < -0.39 is 0 Å². The second-order valence-electron chi connectivity index (χ2n) is 11.7. The number of hydrogen-bond acceptors (Lipinski definition) is 6. The molecule has 0 spiro atoms. The number of nitrogens with zero attached hydrogens (tertiary/aromatic N) is 3. The minimum atomic E-state index is -0.0122. The van der Waals surface area contributed by atoms with Gasteiger partial charge < -0.3 is 10.2 Å². The van der Waals surface area contributed by atoms with Crippen molar-refractivity contribution < 1.29 is 11.0 Å². The molecule has 7 atom stereocenters. The van der Waals surface area contributed by atoms with Crippen LogP contribution >= 0.6 is 11.5 Å². The molecule has 2 bridgehead atoms. The lowest BCUT2D eigenvalue weighted by Gasteiger charge is -2.39. The number of nitrogens with one attached hydrogen (secondary N) is 1. The van der Waals surface area contributed by atoms with E-state index in [2.05, 4.69) is 29.2 Å². The molecule has 1 aromatic heterocycles. The van der Waals surface area contributed by atoms with Crippen molar-refractivity contribution in [2.24, 2.45) is 35.5 Å². The predicted octanol–water partition coefficient (Wildman–Crippen LogP) is 4.30. The van der Waals surface area contributed by atoms with Gasteiger partial charge in [0.15, 0.2) is 0 Å². The summed E-state index contributed by atoms with van der Waals surface area (Å²) in [5.41, 5.74) is 0. The lowest BCUT2D eigenvalue weighted by Crippen LogP contribution is -2.52. The number of amides is 2. The Labute approximate surface area is 213 Å². The number of likely N-dealkylation sites (tertiary alicyclic amines) is 1. The number of hydrogen-bond donors (Lipinski definition) is 1. The molecule has 2 aliphatic heterocycles. The fourth-order valence-electron chi connectivity index (χ4n) is 8.28. The van der Waals surface area contributed by atoms with Gasteiger partial charge in [0.2, 0.25) is 11.8 Å². The van der Waals surface area contributed by atoms with Gasteiger partial charge in [0.05, 0.1) is 16.5 Å². The van der Waals surface area contributed by atoms with Gasteiger partial charge in [0.1, 0.15) is 7.23 Å². The van der Waals surface area contributed by atoms with Crippen LogP contribution in [0.15, 0.2) is 24.3 Å². The standard InChI is InChI=1S/C28H36N4O2S/c33-27-24-18-9-10-19(13-18)25(24)28(34)32(27)15-20-6-2-1-5-17(20)14-21-16-31(12-11-29-21)26-22-7-3-4-8-23(22)35-30-26/h3-4,7-8,17-21,24-25,29H,1-2,5-6,9-16H2/t17?,18-,19?,20?,21?,24+,25-/m0/s1/i/hD. The molecular formula is C28H36N4O2S. The zero-order valence-electron chi connectivity index (χ0n) is 21.3. The van der Waals surface area contributed by atoms with Crippen molar-refractivity contribution in [1.82, 2.24) is 14.6 Å². The van der Waals surface area contributed by atoms with E-state index in [9.17, 15) is 9.59 Å². The molecular weight excluding hydrogens is 456 g/mol. The summed E-state index contributed by atoms with van der Waals surface area (Å²) in [6, 6.07) is 8.56. The first kappa shape index (κ1) is 21.1. The zero-order chi connectivity index (χ0) is 24.4. The van der Waals surface area contributed by atoms with Crippen molar-refractivity contribution in [3.05, 3.63) is 24.3 Å². The Balaban J connectivity index is 1.06. The van der Waals surface area contributed by atoms with Gasteiger partial charge in [-0.1, -0.05) is 31.4 Å². The molecule has 3 saturated carbocycles. The van der Waals surface area contributed by atoms with E-state index in [1.807, 2.05) is 0 Å². The first-order valence-corrected chi connectivity index (χ1v) is 14.6. The number of aromatic nitrogens is 1. The Morgan fingerprint density at radius 2 is 1.77 bits per heavy atom. The summed E-state index contributed by atoms with van der Waals surface area (Å²) in [6.07, 6.45) is 8.95. The average Bonchev–Trinajstić information content (AvgIpc) is 3.67. The number of rotatable bonds is 5. The lowest BCUT2D eigenvalue weighted by atomic mass is 9.75. The van der Waals surface area contributed by atoms with Crippen molar-refractivity contribution in [2.75, 3.05) is 31.1 Å². The molecule has 0 radical (unpaired) electrons. The van der Waals surface area contributed by atoms with Gasteiger partial charge in [-0.05, 0) is 79.4 Å². The Bertz CT molecular complexity index is 1140. The summed E-state index contributed by atoms with van der Waals surface area (Å²) in [7, 11) is 0. The molecule has 3 aliphatic carbocycles. The van der Waals surface area contributed by atoms with Crippen LogP contribution in [0, 0.1) is 35.5 Å². The summed E-state index contributed by atoms with van der Waals surface area (Å²) in [5, 5.41) is 2.99. The third-order valence-electron chi connectivity index (χ3n) is 9.92. The minimum absolute atomic E-state index is 0.0122. The molecule has 35 heavy (non-hydrogen) atoms. The molecule has 5 fully saturated rings. The van der Waals surface area contributed by atoms with Gasteiger partial charge in [-0.25, -0.2) is 0 Å². The molecule has 7 rings (SSSR count). The van der Waals surface area contributed by atoms with Crippen LogP contribution < -0.4 is 10.2 Å². The van der Waals surface area contributed by atoms with Crippen molar-refractivity contribution in [3.8, 4) is 0 Å². The van der Waals surface area contributed by atoms with E-state index in [-0.39, 0.29) is 29.7 Å². The lowest BCUT2D eigenvalue weighted by molar-refractivity contribution is -0.142. The van der Waals surface area contributed by atoms with Crippen molar-refractivity contribution in [3.63, 3.8) is 0 Å². The van der Waals surface area contributed by atoms with E-state index >= 15 is 0 Å². The van der Waals surface area contributed by atoms with Gasteiger partial charge in [0.25, 0.3) is 0 Å². The Kier molecular flexibility index (Phi) is 5.34. The quantitative estimate of drug-likeness (QED) is 0.629. The third kappa shape index (κ3) is 3.72. The van der Waals surface area contributed by atoms with E-state index in [1.165, 1.54) is 22.9 Å². The predicted molar refractivity (Wildman–Crippen MR) is 138 cm³/mol. The second kappa shape index (κ2) is 8.84. The first-order valence-electron chi connectivity index (χ1n) is 14.2. The summed E-state index contributed by atoms with van der Waals surface area (Å²) in [6.45, 7) is 2.96. The normalized spacial score (nSPS) is 37.9. The molecule has 6 nitrogen and oxygen atoms in total. The maximum Gasteiger partial charge on any atom is 0.233 e. The van der Waals surface area contributed by atoms with Crippen LogP contribution in [-0.2, 0) is 9.59 Å². The largest absolute Gasteiger partial charge is 0.352 e. The third-order valence-corrected chi connectivity index (χ3v) is 10.7. The molecule has 4 unspecified atom stereocenters. The smallest absolute Gasteiger partial charge is 0.233 e. The van der Waals surface area contributed by atoms with Crippen molar-refractivity contribution in [1.29, 1.82) is 0 Å². The summed E-state index contributed by atoms with van der Waals surface area (Å²) in [4.78, 5) is 30.8.